The van der Waals surface area contributed by atoms with E-state index in [1.807, 2.05) is 42.5 Å². The maximum atomic E-state index is 13.6. The molecule has 170 valence electrons. The standard InChI is InChI=1S/C25H20ClN5O3/c1-14-11-21(32)31-23(28-14)18(13-27-31)24(33)29-15(2)20-12-16-7-6-10-19(26)22(16)25(34)30(20)17-8-4-3-5-9-17/h3-13,15,27H,1-2H3,(H,29,33)/t15-/m0/s1. The average Bonchev–Trinajstić information content (AvgIpc) is 3.23. The van der Waals surface area contributed by atoms with Crippen LogP contribution in [0.25, 0.3) is 22.1 Å². The number of nitrogens with one attached hydrogen (secondary N) is 2. The summed E-state index contributed by atoms with van der Waals surface area (Å²) in [6.45, 7) is 3.49. The number of carbonyl (C=O) groups is 1. The highest BCUT2D eigenvalue weighted by Crippen LogP contribution is 2.25. The van der Waals surface area contributed by atoms with Crippen molar-refractivity contribution < 1.29 is 4.79 Å². The van der Waals surface area contributed by atoms with Crippen molar-refractivity contribution in [3.8, 4) is 5.69 Å². The smallest absolute Gasteiger partial charge is 0.272 e. The van der Waals surface area contributed by atoms with Gasteiger partial charge in [0.2, 0.25) is 0 Å². The fourth-order valence-electron chi connectivity index (χ4n) is 4.11. The molecule has 0 aliphatic carbocycles. The second kappa shape index (κ2) is 8.31. The van der Waals surface area contributed by atoms with Gasteiger partial charge in [0, 0.05) is 29.3 Å². The largest absolute Gasteiger partial charge is 0.344 e. The Morgan fingerprint density at radius 3 is 2.62 bits per heavy atom. The van der Waals surface area contributed by atoms with Crippen LogP contribution in [-0.4, -0.2) is 25.1 Å². The topological polar surface area (TPSA) is 101 Å². The molecule has 2 N–H and O–H groups in total. The minimum atomic E-state index is -0.560. The van der Waals surface area contributed by atoms with E-state index in [4.69, 9.17) is 11.6 Å². The number of fused-ring (bicyclic) bond motifs is 2. The monoisotopic (exact) mass is 473 g/mol. The molecule has 0 radical (unpaired) electrons. The third-order valence-corrected chi connectivity index (χ3v) is 6.02. The van der Waals surface area contributed by atoms with Crippen LogP contribution < -0.4 is 16.4 Å². The molecule has 0 fully saturated rings. The van der Waals surface area contributed by atoms with Crippen LogP contribution in [0.1, 0.15) is 34.7 Å². The molecule has 0 spiro atoms. The average molecular weight is 474 g/mol. The molecule has 1 amide bonds. The zero-order valence-electron chi connectivity index (χ0n) is 18.4. The fourth-order valence-corrected chi connectivity index (χ4v) is 4.38. The molecular formula is C25H20ClN5O3. The molecule has 8 nitrogen and oxygen atoms in total. The number of halogens is 1. The minimum Gasteiger partial charge on any atom is -0.344 e. The van der Waals surface area contributed by atoms with E-state index in [1.165, 1.54) is 16.8 Å². The lowest BCUT2D eigenvalue weighted by Gasteiger charge is -2.21. The van der Waals surface area contributed by atoms with Gasteiger partial charge in [-0.05, 0) is 43.5 Å². The number of para-hydroxylation sites is 1. The number of hydrogen-bond donors (Lipinski definition) is 2. The number of amides is 1. The van der Waals surface area contributed by atoms with Crippen molar-refractivity contribution in [2.45, 2.75) is 19.9 Å². The van der Waals surface area contributed by atoms with Crippen LogP contribution in [0.5, 0.6) is 0 Å². The maximum Gasteiger partial charge on any atom is 0.272 e. The first-order valence-electron chi connectivity index (χ1n) is 10.6. The Morgan fingerprint density at radius 1 is 1.09 bits per heavy atom. The third kappa shape index (κ3) is 3.58. The Labute approximate surface area is 198 Å². The van der Waals surface area contributed by atoms with Crippen LogP contribution in [0.2, 0.25) is 5.02 Å². The number of benzene rings is 2. The highest BCUT2D eigenvalue weighted by Gasteiger charge is 2.22. The van der Waals surface area contributed by atoms with Crippen molar-refractivity contribution in [3.05, 3.63) is 110 Å². The summed E-state index contributed by atoms with van der Waals surface area (Å²) in [6, 6.07) is 17.1. The van der Waals surface area contributed by atoms with Gasteiger partial charge in [0.1, 0.15) is 5.56 Å². The first-order valence-corrected chi connectivity index (χ1v) is 11.0. The van der Waals surface area contributed by atoms with E-state index in [9.17, 15) is 14.4 Å². The normalized spacial score (nSPS) is 12.2. The summed E-state index contributed by atoms with van der Waals surface area (Å²) in [5, 5.41) is 7.15. The van der Waals surface area contributed by atoms with Gasteiger partial charge in [-0.15, -0.1) is 0 Å². The first-order chi connectivity index (χ1) is 16.3. The predicted molar refractivity (Wildman–Crippen MR) is 131 cm³/mol. The number of rotatable bonds is 4. The molecule has 0 aliphatic heterocycles. The summed E-state index contributed by atoms with van der Waals surface area (Å²) < 4.78 is 2.77. The number of pyridine rings is 1. The third-order valence-electron chi connectivity index (χ3n) is 5.70. The van der Waals surface area contributed by atoms with E-state index in [-0.39, 0.29) is 22.3 Å². The van der Waals surface area contributed by atoms with Gasteiger partial charge in [0.25, 0.3) is 17.0 Å². The van der Waals surface area contributed by atoms with Crippen molar-refractivity contribution in [1.82, 2.24) is 24.5 Å². The molecule has 0 aliphatic rings. The van der Waals surface area contributed by atoms with E-state index in [1.54, 1.807) is 30.5 Å². The zero-order valence-corrected chi connectivity index (χ0v) is 19.1. The van der Waals surface area contributed by atoms with E-state index < -0.39 is 11.9 Å². The van der Waals surface area contributed by atoms with Crippen LogP contribution in [-0.2, 0) is 0 Å². The lowest BCUT2D eigenvalue weighted by molar-refractivity contribution is 0.0940. The summed E-state index contributed by atoms with van der Waals surface area (Å²) in [7, 11) is 0. The molecule has 3 heterocycles. The highest BCUT2D eigenvalue weighted by molar-refractivity contribution is 6.35. The predicted octanol–water partition coefficient (Wildman–Crippen LogP) is 3.78. The summed E-state index contributed by atoms with van der Waals surface area (Å²) >= 11 is 6.37. The highest BCUT2D eigenvalue weighted by atomic mass is 35.5. The quantitative estimate of drug-likeness (QED) is 0.414. The van der Waals surface area contributed by atoms with Gasteiger partial charge >= 0.3 is 0 Å². The van der Waals surface area contributed by atoms with Gasteiger partial charge in [-0.25, -0.2) is 9.50 Å². The molecule has 9 heteroatoms. The molecular weight excluding hydrogens is 454 g/mol. The number of carbonyl (C=O) groups excluding carboxylic acids is 1. The summed E-state index contributed by atoms with van der Waals surface area (Å²) in [5.41, 5.74) is 1.63. The van der Waals surface area contributed by atoms with Gasteiger partial charge in [0.05, 0.1) is 16.5 Å². The molecule has 0 saturated heterocycles. The van der Waals surface area contributed by atoms with Gasteiger partial charge in [0.15, 0.2) is 5.65 Å². The Morgan fingerprint density at radius 2 is 1.85 bits per heavy atom. The van der Waals surface area contributed by atoms with Crippen molar-refractivity contribution in [2.75, 3.05) is 0 Å². The van der Waals surface area contributed by atoms with Crippen LogP contribution >= 0.6 is 11.6 Å². The zero-order chi connectivity index (χ0) is 24.0. The number of aryl methyl sites for hydroxylation is 1. The van der Waals surface area contributed by atoms with Crippen LogP contribution in [0.15, 0.2) is 76.4 Å². The molecule has 0 bridgehead atoms. The van der Waals surface area contributed by atoms with E-state index >= 15 is 0 Å². The number of H-pyrrole nitrogens is 1. The van der Waals surface area contributed by atoms with Crippen LogP contribution in [0.4, 0.5) is 0 Å². The molecule has 5 aromatic rings. The van der Waals surface area contributed by atoms with Gasteiger partial charge in [-0.1, -0.05) is 41.9 Å². The van der Waals surface area contributed by atoms with Crippen LogP contribution in [0, 0.1) is 6.92 Å². The van der Waals surface area contributed by atoms with Crippen LogP contribution in [0.3, 0.4) is 0 Å². The van der Waals surface area contributed by atoms with E-state index in [0.29, 0.717) is 32.9 Å². The second-order valence-electron chi connectivity index (χ2n) is 8.03. The van der Waals surface area contributed by atoms with E-state index in [0.717, 1.165) is 0 Å². The van der Waals surface area contributed by atoms with Gasteiger partial charge in [-0.2, -0.15) is 0 Å². The second-order valence-corrected chi connectivity index (χ2v) is 8.43. The van der Waals surface area contributed by atoms with Crippen molar-refractivity contribution >= 4 is 33.9 Å². The lowest BCUT2D eigenvalue weighted by Crippen LogP contribution is -2.32. The summed E-state index contributed by atoms with van der Waals surface area (Å²) in [4.78, 5) is 43.2. The summed E-state index contributed by atoms with van der Waals surface area (Å²) in [5.74, 6) is -0.429. The number of aromatic amines is 1. The molecule has 0 unspecified atom stereocenters. The molecule has 3 aromatic heterocycles. The van der Waals surface area contributed by atoms with Gasteiger partial charge < -0.3 is 5.32 Å². The number of aromatic nitrogens is 4. The molecule has 1 atom stereocenters. The Kier molecular flexibility index (Phi) is 5.30. The van der Waals surface area contributed by atoms with Crippen molar-refractivity contribution in [1.29, 1.82) is 0 Å². The van der Waals surface area contributed by atoms with Gasteiger partial charge in [-0.3, -0.25) is 24.0 Å². The molecule has 2 aromatic carbocycles. The minimum absolute atomic E-state index is 0.227. The first kappa shape index (κ1) is 21.7. The number of nitrogens with zero attached hydrogens (tertiary/aromatic N) is 3. The summed E-state index contributed by atoms with van der Waals surface area (Å²) in [6.07, 6.45) is 1.44. The molecule has 5 rings (SSSR count). The Hall–Kier alpha value is -4.17. The van der Waals surface area contributed by atoms with Crippen molar-refractivity contribution in [2.24, 2.45) is 0 Å². The molecule has 0 saturated carbocycles. The fraction of sp³-hybridized carbons (Fsp3) is 0.120. The van der Waals surface area contributed by atoms with E-state index in [2.05, 4.69) is 15.4 Å². The lowest BCUT2D eigenvalue weighted by atomic mass is 10.1. The Balaban J connectivity index is 1.62. The van der Waals surface area contributed by atoms with Crippen molar-refractivity contribution in [3.63, 3.8) is 0 Å². The molecule has 34 heavy (non-hydrogen) atoms. The Bertz CT molecular complexity index is 1680. The maximum absolute atomic E-state index is 13.6. The SMILES string of the molecule is Cc1cc(=O)n2[nH]cc(C(=O)N[C@@H](C)c3cc4cccc(Cl)c4c(=O)n3-c3ccccc3)c2n1. The number of hydrogen-bond acceptors (Lipinski definition) is 4.